The Morgan fingerprint density at radius 3 is 2.46 bits per heavy atom. The van der Waals surface area contributed by atoms with Gasteiger partial charge in [-0.15, -0.1) is 0 Å². The molecule has 1 aromatic rings. The van der Waals surface area contributed by atoms with Gasteiger partial charge in [0.05, 0.1) is 0 Å². The van der Waals surface area contributed by atoms with Crippen molar-refractivity contribution in [2.75, 3.05) is 7.05 Å². The molecule has 0 aliphatic heterocycles. The molecule has 1 amide bonds. The average Bonchev–Trinajstić information content (AvgIpc) is 2.08. The summed E-state index contributed by atoms with van der Waals surface area (Å²) in [6.45, 7) is 0. The minimum atomic E-state index is -1.12. The van der Waals surface area contributed by atoms with E-state index in [0.717, 1.165) is 25.2 Å². The van der Waals surface area contributed by atoms with Crippen molar-refractivity contribution in [1.29, 1.82) is 0 Å². The molecule has 0 fully saturated rings. The fourth-order valence-corrected chi connectivity index (χ4v) is 0.816. The first kappa shape index (κ1) is 9.60. The first-order valence-electron chi connectivity index (χ1n) is 3.44. The predicted molar refractivity (Wildman–Crippen MR) is 40.2 cm³/mol. The van der Waals surface area contributed by atoms with Gasteiger partial charge in [-0.05, 0) is 18.2 Å². The van der Waals surface area contributed by atoms with Gasteiger partial charge in [-0.1, -0.05) is 0 Å². The molecule has 0 aliphatic rings. The van der Waals surface area contributed by atoms with E-state index in [0.29, 0.717) is 5.06 Å². The van der Waals surface area contributed by atoms with E-state index in [1.54, 1.807) is 0 Å². The van der Waals surface area contributed by atoms with Crippen molar-refractivity contribution in [3.63, 3.8) is 0 Å². The highest BCUT2D eigenvalue weighted by Gasteiger charge is 2.11. The molecule has 1 aromatic carbocycles. The van der Waals surface area contributed by atoms with Crippen molar-refractivity contribution in [3.8, 4) is 0 Å². The molecule has 0 aliphatic carbocycles. The molecule has 0 heterocycles. The number of hydrogen-bond donors (Lipinski definition) is 1. The summed E-state index contributed by atoms with van der Waals surface area (Å²) in [6, 6.07) is 2.64. The van der Waals surface area contributed by atoms with Gasteiger partial charge in [-0.3, -0.25) is 10.0 Å². The third kappa shape index (κ3) is 2.00. The van der Waals surface area contributed by atoms with Crippen LogP contribution in [-0.4, -0.2) is 23.2 Å². The first-order chi connectivity index (χ1) is 6.02. The van der Waals surface area contributed by atoms with Gasteiger partial charge < -0.3 is 0 Å². The maximum Gasteiger partial charge on any atom is 0.277 e. The topological polar surface area (TPSA) is 40.5 Å². The van der Waals surface area contributed by atoms with Crippen LogP contribution in [-0.2, 0) is 0 Å². The molecule has 0 saturated carbocycles. The number of halogens is 2. The van der Waals surface area contributed by atoms with Crippen molar-refractivity contribution >= 4 is 5.91 Å². The summed E-state index contributed by atoms with van der Waals surface area (Å²) in [6.07, 6.45) is 0. The van der Waals surface area contributed by atoms with Crippen LogP contribution in [0.4, 0.5) is 8.78 Å². The Bertz CT molecular complexity index is 339. The van der Waals surface area contributed by atoms with Crippen LogP contribution in [0.5, 0.6) is 0 Å². The molecule has 5 heteroatoms. The average molecular weight is 187 g/mol. The zero-order chi connectivity index (χ0) is 10.0. The number of amides is 1. The van der Waals surface area contributed by atoms with Crippen LogP contribution >= 0.6 is 0 Å². The van der Waals surface area contributed by atoms with Gasteiger partial charge in [0, 0.05) is 12.6 Å². The van der Waals surface area contributed by atoms with Crippen LogP contribution in [0, 0.1) is 11.6 Å². The predicted octanol–water partition coefficient (Wildman–Crippen LogP) is 1.43. The minimum absolute atomic E-state index is 0.107. The van der Waals surface area contributed by atoms with Gasteiger partial charge >= 0.3 is 0 Å². The SMILES string of the molecule is CN(O)C(=O)c1ccc(F)c(F)c1. The van der Waals surface area contributed by atoms with Crippen LogP contribution in [0.25, 0.3) is 0 Å². The van der Waals surface area contributed by atoms with Gasteiger partial charge in [0.2, 0.25) is 0 Å². The van der Waals surface area contributed by atoms with Crippen molar-refractivity contribution < 1.29 is 18.8 Å². The summed E-state index contributed by atoms with van der Waals surface area (Å²) in [5.41, 5.74) is -0.107. The lowest BCUT2D eigenvalue weighted by molar-refractivity contribution is -0.0375. The second-order valence-corrected chi connectivity index (χ2v) is 2.46. The quantitative estimate of drug-likeness (QED) is 0.533. The van der Waals surface area contributed by atoms with Crippen molar-refractivity contribution in [3.05, 3.63) is 35.4 Å². The second-order valence-electron chi connectivity index (χ2n) is 2.46. The summed E-state index contributed by atoms with van der Waals surface area (Å²) in [5, 5.41) is 9.00. The molecule has 0 radical (unpaired) electrons. The van der Waals surface area contributed by atoms with Crippen molar-refractivity contribution in [1.82, 2.24) is 5.06 Å². The van der Waals surface area contributed by atoms with Crippen LogP contribution in [0.1, 0.15) is 10.4 Å². The lowest BCUT2D eigenvalue weighted by Gasteiger charge is -2.07. The Hall–Kier alpha value is -1.49. The number of hydroxylamine groups is 2. The van der Waals surface area contributed by atoms with E-state index >= 15 is 0 Å². The molecule has 0 aromatic heterocycles. The Balaban J connectivity index is 3.04. The molecular formula is C8H7F2NO2. The lowest BCUT2D eigenvalue weighted by Crippen LogP contribution is -2.22. The molecule has 0 atom stereocenters. The highest BCUT2D eigenvalue weighted by molar-refractivity contribution is 5.93. The third-order valence-corrected chi connectivity index (χ3v) is 1.46. The van der Waals surface area contributed by atoms with E-state index in [1.807, 2.05) is 0 Å². The highest BCUT2D eigenvalue weighted by atomic mass is 19.2. The molecule has 0 bridgehead atoms. The molecule has 3 nitrogen and oxygen atoms in total. The lowest BCUT2D eigenvalue weighted by atomic mass is 10.2. The number of benzene rings is 1. The minimum Gasteiger partial charge on any atom is -0.286 e. The Morgan fingerprint density at radius 2 is 2.00 bits per heavy atom. The number of hydrogen-bond acceptors (Lipinski definition) is 2. The van der Waals surface area contributed by atoms with Crippen molar-refractivity contribution in [2.24, 2.45) is 0 Å². The zero-order valence-corrected chi connectivity index (χ0v) is 6.79. The van der Waals surface area contributed by atoms with Gasteiger partial charge in [0.15, 0.2) is 11.6 Å². The summed E-state index contributed by atoms with van der Waals surface area (Å²) in [7, 11) is 1.10. The monoisotopic (exact) mass is 187 g/mol. The summed E-state index contributed by atoms with van der Waals surface area (Å²) in [4.78, 5) is 11.0. The molecule has 1 rings (SSSR count). The Labute approximate surface area is 73.2 Å². The smallest absolute Gasteiger partial charge is 0.277 e. The van der Waals surface area contributed by atoms with E-state index in [-0.39, 0.29) is 5.56 Å². The zero-order valence-electron chi connectivity index (χ0n) is 6.79. The standard InChI is InChI=1S/C8H7F2NO2/c1-11(13)8(12)5-2-3-6(9)7(10)4-5/h2-4,13H,1H3. The molecule has 0 saturated heterocycles. The maximum absolute atomic E-state index is 12.6. The molecule has 1 N–H and O–H groups in total. The molecule has 0 spiro atoms. The number of rotatable bonds is 1. The number of nitrogens with zero attached hydrogens (tertiary/aromatic N) is 1. The first-order valence-corrected chi connectivity index (χ1v) is 3.44. The highest BCUT2D eigenvalue weighted by Crippen LogP contribution is 2.09. The van der Waals surface area contributed by atoms with Gasteiger partial charge in [0.25, 0.3) is 5.91 Å². The van der Waals surface area contributed by atoms with E-state index in [9.17, 15) is 13.6 Å². The van der Waals surface area contributed by atoms with E-state index in [2.05, 4.69) is 0 Å². The van der Waals surface area contributed by atoms with Gasteiger partial charge in [0.1, 0.15) is 0 Å². The number of carbonyl (C=O) groups excluding carboxylic acids is 1. The fourth-order valence-electron chi connectivity index (χ4n) is 0.816. The molecule has 0 unspecified atom stereocenters. The largest absolute Gasteiger partial charge is 0.286 e. The summed E-state index contributed by atoms with van der Waals surface area (Å²) in [5.74, 6) is -2.94. The summed E-state index contributed by atoms with van der Waals surface area (Å²) < 4.78 is 25.0. The van der Waals surface area contributed by atoms with Crippen LogP contribution in [0.2, 0.25) is 0 Å². The van der Waals surface area contributed by atoms with E-state index < -0.39 is 17.5 Å². The van der Waals surface area contributed by atoms with Crippen molar-refractivity contribution in [2.45, 2.75) is 0 Å². The van der Waals surface area contributed by atoms with Crippen LogP contribution in [0.15, 0.2) is 18.2 Å². The summed E-state index contributed by atoms with van der Waals surface area (Å²) >= 11 is 0. The molecule has 13 heavy (non-hydrogen) atoms. The molecule has 70 valence electrons. The maximum atomic E-state index is 12.6. The fraction of sp³-hybridized carbons (Fsp3) is 0.125. The van der Waals surface area contributed by atoms with Gasteiger partial charge in [-0.2, -0.15) is 0 Å². The number of carbonyl (C=O) groups is 1. The third-order valence-electron chi connectivity index (χ3n) is 1.46. The van der Waals surface area contributed by atoms with Gasteiger partial charge in [-0.25, -0.2) is 13.8 Å². The van der Waals surface area contributed by atoms with E-state index in [4.69, 9.17) is 5.21 Å². The Morgan fingerprint density at radius 1 is 1.38 bits per heavy atom. The van der Waals surface area contributed by atoms with Crippen LogP contribution < -0.4 is 0 Å². The van der Waals surface area contributed by atoms with Crippen LogP contribution in [0.3, 0.4) is 0 Å². The van der Waals surface area contributed by atoms with E-state index in [1.165, 1.54) is 0 Å². The molecular weight excluding hydrogens is 180 g/mol. The Kier molecular flexibility index (Phi) is 2.57. The normalized spacial score (nSPS) is 9.85. The second kappa shape index (κ2) is 3.49.